The van der Waals surface area contributed by atoms with Gasteiger partial charge >= 0.3 is 6.18 Å². The molecule has 0 N–H and O–H groups in total. The topological polar surface area (TPSA) is 38.1 Å². The van der Waals surface area contributed by atoms with Crippen LogP contribution in [-0.2, 0) is 17.5 Å². The Hall–Kier alpha value is -3.09. The zero-order valence-electron chi connectivity index (χ0n) is 17.6. The second kappa shape index (κ2) is 7.87. The summed E-state index contributed by atoms with van der Waals surface area (Å²) in [6.07, 6.45) is -3.98. The summed E-state index contributed by atoms with van der Waals surface area (Å²) in [6.45, 7) is 4.23. The first-order valence-electron chi connectivity index (χ1n) is 10.2. The van der Waals surface area contributed by atoms with Gasteiger partial charge in [0.2, 0.25) is 5.91 Å². The van der Waals surface area contributed by atoms with Gasteiger partial charge in [-0.1, -0.05) is 36.4 Å². The fraction of sp³-hybridized carbons (Fsp3) is 0.333. The maximum Gasteiger partial charge on any atom is 0.416 e. The third-order valence-electron chi connectivity index (χ3n) is 5.99. The molecule has 0 saturated heterocycles. The van der Waals surface area contributed by atoms with Gasteiger partial charge in [0.05, 0.1) is 16.9 Å². The smallest absolute Gasteiger partial charge is 0.341 e. The predicted octanol–water partition coefficient (Wildman–Crippen LogP) is 5.27. The van der Waals surface area contributed by atoms with Gasteiger partial charge in [-0.3, -0.25) is 4.79 Å². The number of carbonyl (C=O) groups excluding carboxylic acids is 1. The molecule has 1 heterocycles. The third-order valence-corrected chi connectivity index (χ3v) is 5.99. The Kier molecular flexibility index (Phi) is 5.37. The first kappa shape index (κ1) is 21.2. The molecule has 1 aliphatic rings. The van der Waals surface area contributed by atoms with Gasteiger partial charge in [-0.05, 0) is 49.9 Å². The molecule has 1 aromatic heterocycles. The van der Waals surface area contributed by atoms with Crippen LogP contribution in [0.4, 0.5) is 13.2 Å². The zero-order chi connectivity index (χ0) is 22.3. The van der Waals surface area contributed by atoms with E-state index in [4.69, 9.17) is 0 Å². The molecule has 1 saturated carbocycles. The molecule has 0 spiro atoms. The summed E-state index contributed by atoms with van der Waals surface area (Å²) < 4.78 is 41.9. The van der Waals surface area contributed by atoms with Gasteiger partial charge in [0, 0.05) is 30.8 Å². The van der Waals surface area contributed by atoms with E-state index in [-0.39, 0.29) is 17.4 Å². The summed E-state index contributed by atoms with van der Waals surface area (Å²) in [7, 11) is 1.70. The number of rotatable bonds is 5. The van der Waals surface area contributed by atoms with Crippen molar-refractivity contribution in [2.75, 3.05) is 7.05 Å². The maximum absolute atomic E-state index is 13.3. The van der Waals surface area contributed by atoms with E-state index in [1.54, 1.807) is 18.0 Å². The van der Waals surface area contributed by atoms with Crippen LogP contribution in [0.25, 0.3) is 5.69 Å². The van der Waals surface area contributed by atoms with Crippen LogP contribution in [0.2, 0.25) is 0 Å². The number of nitrogens with zero attached hydrogens (tertiary/aromatic N) is 3. The van der Waals surface area contributed by atoms with Gasteiger partial charge in [0.15, 0.2) is 0 Å². The molecule has 1 fully saturated rings. The molecule has 1 amide bonds. The summed E-state index contributed by atoms with van der Waals surface area (Å²) in [6, 6.07) is 15.3. The Bertz CT molecular complexity index is 1110. The molecule has 31 heavy (non-hydrogen) atoms. The highest BCUT2D eigenvalue weighted by Gasteiger charge is 2.48. The number of halogens is 3. The molecular formula is C24H24F3N3O. The van der Waals surface area contributed by atoms with Crippen LogP contribution >= 0.6 is 0 Å². The Labute approximate surface area is 179 Å². The molecule has 0 aliphatic heterocycles. The molecule has 2 aromatic carbocycles. The highest BCUT2D eigenvalue weighted by molar-refractivity contribution is 5.83. The summed E-state index contributed by atoms with van der Waals surface area (Å²) in [4.78, 5) is 14.6. The zero-order valence-corrected chi connectivity index (χ0v) is 17.6. The molecule has 0 radical (unpaired) electrons. The van der Waals surface area contributed by atoms with E-state index in [0.717, 1.165) is 28.7 Å². The largest absolute Gasteiger partial charge is 0.416 e. The van der Waals surface area contributed by atoms with Crippen LogP contribution < -0.4 is 0 Å². The number of alkyl halides is 3. The molecule has 3 aromatic rings. The lowest BCUT2D eigenvalue weighted by atomic mass is 10.0. The second-order valence-electron chi connectivity index (χ2n) is 8.12. The molecule has 4 rings (SSSR count). The SMILES string of the molecule is Cc1nn(-c2ccccc2)c(C)c1CN(C)C(=O)C1CC1c1ccccc1C(F)(F)F. The van der Waals surface area contributed by atoms with Crippen LogP contribution in [0.1, 0.15) is 40.4 Å². The highest BCUT2D eigenvalue weighted by atomic mass is 19.4. The average Bonchev–Trinajstić information content (AvgIpc) is 3.50. The van der Waals surface area contributed by atoms with E-state index < -0.39 is 17.7 Å². The van der Waals surface area contributed by atoms with Gasteiger partial charge in [-0.2, -0.15) is 18.3 Å². The number of para-hydroxylation sites is 1. The Morgan fingerprint density at radius 2 is 1.74 bits per heavy atom. The lowest BCUT2D eigenvalue weighted by molar-refractivity contribution is -0.138. The minimum absolute atomic E-state index is 0.131. The number of carbonyl (C=O) groups is 1. The van der Waals surface area contributed by atoms with Crippen molar-refractivity contribution < 1.29 is 18.0 Å². The number of aromatic nitrogens is 2. The lowest BCUT2D eigenvalue weighted by Gasteiger charge is -2.18. The van der Waals surface area contributed by atoms with Gasteiger partial charge in [-0.25, -0.2) is 4.68 Å². The monoisotopic (exact) mass is 427 g/mol. The van der Waals surface area contributed by atoms with Crippen molar-refractivity contribution >= 4 is 5.91 Å². The Morgan fingerprint density at radius 3 is 2.42 bits per heavy atom. The van der Waals surface area contributed by atoms with Crippen LogP contribution in [0.5, 0.6) is 0 Å². The van der Waals surface area contributed by atoms with E-state index in [0.29, 0.717) is 13.0 Å². The summed E-state index contributed by atoms with van der Waals surface area (Å²) in [5, 5.41) is 4.61. The second-order valence-corrected chi connectivity index (χ2v) is 8.12. The van der Waals surface area contributed by atoms with Crippen molar-refractivity contribution in [1.29, 1.82) is 0 Å². The van der Waals surface area contributed by atoms with Crippen molar-refractivity contribution in [3.8, 4) is 5.69 Å². The minimum atomic E-state index is -4.42. The first-order valence-corrected chi connectivity index (χ1v) is 10.2. The van der Waals surface area contributed by atoms with Crippen LogP contribution in [0.3, 0.4) is 0 Å². The number of benzene rings is 2. The van der Waals surface area contributed by atoms with E-state index >= 15 is 0 Å². The van der Waals surface area contributed by atoms with Crippen molar-refractivity contribution in [1.82, 2.24) is 14.7 Å². The Morgan fingerprint density at radius 1 is 1.10 bits per heavy atom. The van der Waals surface area contributed by atoms with Crippen LogP contribution in [0.15, 0.2) is 54.6 Å². The van der Waals surface area contributed by atoms with Gasteiger partial charge < -0.3 is 4.90 Å². The molecule has 2 unspecified atom stereocenters. The van der Waals surface area contributed by atoms with Crippen LogP contribution in [0, 0.1) is 19.8 Å². The number of hydrogen-bond donors (Lipinski definition) is 0. The highest BCUT2D eigenvalue weighted by Crippen LogP contribution is 2.51. The van der Waals surface area contributed by atoms with Gasteiger partial charge in [0.25, 0.3) is 0 Å². The standard InChI is InChI=1S/C24H24F3N3O/c1-15-21(16(2)30(28-15)17-9-5-4-6-10-17)14-29(3)23(31)20-13-19(20)18-11-7-8-12-22(18)24(25,26)27/h4-12,19-20H,13-14H2,1-3H3. The summed E-state index contributed by atoms with van der Waals surface area (Å²) >= 11 is 0. The fourth-order valence-electron chi connectivity index (χ4n) is 4.21. The molecule has 1 aliphatic carbocycles. The molecular weight excluding hydrogens is 403 g/mol. The van der Waals surface area contributed by atoms with Crippen molar-refractivity contribution in [3.63, 3.8) is 0 Å². The van der Waals surface area contributed by atoms with Crippen molar-refractivity contribution in [3.05, 3.63) is 82.7 Å². The average molecular weight is 427 g/mol. The van der Waals surface area contributed by atoms with E-state index in [1.165, 1.54) is 12.1 Å². The van der Waals surface area contributed by atoms with E-state index in [9.17, 15) is 18.0 Å². The van der Waals surface area contributed by atoms with Gasteiger partial charge in [-0.15, -0.1) is 0 Å². The fourth-order valence-corrected chi connectivity index (χ4v) is 4.21. The minimum Gasteiger partial charge on any atom is -0.341 e. The number of amides is 1. The molecule has 162 valence electrons. The molecule has 7 heteroatoms. The molecule has 2 atom stereocenters. The number of hydrogen-bond acceptors (Lipinski definition) is 2. The van der Waals surface area contributed by atoms with Gasteiger partial charge in [0.1, 0.15) is 0 Å². The summed E-state index contributed by atoms with van der Waals surface area (Å²) in [5.74, 6) is -0.937. The van der Waals surface area contributed by atoms with Crippen molar-refractivity contribution in [2.24, 2.45) is 5.92 Å². The molecule has 4 nitrogen and oxygen atoms in total. The lowest BCUT2D eigenvalue weighted by Crippen LogP contribution is -2.28. The quantitative estimate of drug-likeness (QED) is 0.556. The first-order chi connectivity index (χ1) is 14.7. The van der Waals surface area contributed by atoms with E-state index in [1.807, 2.05) is 48.9 Å². The molecule has 0 bridgehead atoms. The van der Waals surface area contributed by atoms with E-state index in [2.05, 4.69) is 5.10 Å². The maximum atomic E-state index is 13.3. The summed E-state index contributed by atoms with van der Waals surface area (Å²) in [5.41, 5.74) is 3.23. The van der Waals surface area contributed by atoms with Crippen molar-refractivity contribution in [2.45, 2.75) is 38.9 Å². The third kappa shape index (κ3) is 4.09. The van der Waals surface area contributed by atoms with Crippen LogP contribution in [-0.4, -0.2) is 27.6 Å². The normalized spacial score (nSPS) is 18.1. The number of aryl methyl sites for hydroxylation is 1. The predicted molar refractivity (Wildman–Crippen MR) is 112 cm³/mol. The Balaban J connectivity index is 1.50.